The molecule has 0 saturated carbocycles. The highest BCUT2D eigenvalue weighted by Crippen LogP contribution is 2.50. The van der Waals surface area contributed by atoms with Crippen LogP contribution < -0.4 is 5.32 Å². The molecule has 4 rings (SSSR count). The van der Waals surface area contributed by atoms with Crippen LogP contribution >= 0.6 is 0 Å². The quantitative estimate of drug-likeness (QED) is 0.875. The van der Waals surface area contributed by atoms with E-state index in [9.17, 15) is 0 Å². The summed E-state index contributed by atoms with van der Waals surface area (Å²) in [5, 5.41) is 3.74. The predicted octanol–water partition coefficient (Wildman–Crippen LogP) is 3.94. The highest BCUT2D eigenvalue weighted by Gasteiger charge is 2.44. The average molecular weight is 275 g/mol. The fourth-order valence-electron chi connectivity index (χ4n) is 4.28. The lowest BCUT2D eigenvalue weighted by Crippen LogP contribution is -2.29. The van der Waals surface area contributed by atoms with E-state index in [2.05, 4.69) is 67.4 Å². The Balaban J connectivity index is 1.66. The fourth-order valence-corrected chi connectivity index (χ4v) is 4.28. The summed E-state index contributed by atoms with van der Waals surface area (Å²) >= 11 is 0. The summed E-state index contributed by atoms with van der Waals surface area (Å²) < 4.78 is 0. The zero-order valence-electron chi connectivity index (χ0n) is 12.5. The van der Waals surface area contributed by atoms with Crippen LogP contribution in [0.15, 0.2) is 55.1 Å². The zero-order chi connectivity index (χ0) is 14.4. The van der Waals surface area contributed by atoms with Crippen LogP contribution in [0.25, 0.3) is 5.57 Å². The van der Waals surface area contributed by atoms with Gasteiger partial charge in [-0.3, -0.25) is 0 Å². The normalized spacial score (nSPS) is 26.7. The Kier molecular flexibility index (Phi) is 2.97. The average Bonchev–Trinajstić information content (AvgIpc) is 3.02. The van der Waals surface area contributed by atoms with E-state index in [0.717, 1.165) is 13.0 Å². The summed E-state index contributed by atoms with van der Waals surface area (Å²) in [6.07, 6.45) is 1.09. The third-order valence-corrected chi connectivity index (χ3v) is 5.21. The zero-order valence-corrected chi connectivity index (χ0v) is 12.5. The van der Waals surface area contributed by atoms with Gasteiger partial charge in [-0.2, -0.15) is 0 Å². The van der Waals surface area contributed by atoms with Gasteiger partial charge in [-0.15, -0.1) is 0 Å². The molecule has 0 spiro atoms. The second kappa shape index (κ2) is 4.85. The lowest BCUT2D eigenvalue weighted by atomic mass is 9.86. The summed E-state index contributed by atoms with van der Waals surface area (Å²) in [6, 6.07) is 18.0. The van der Waals surface area contributed by atoms with E-state index in [1.807, 2.05) is 0 Å². The first-order chi connectivity index (χ1) is 10.3. The maximum absolute atomic E-state index is 4.43. The number of nitrogens with one attached hydrogen (secondary N) is 1. The maximum Gasteiger partial charge on any atom is 0.0183 e. The van der Waals surface area contributed by atoms with Gasteiger partial charge in [0.25, 0.3) is 0 Å². The van der Waals surface area contributed by atoms with Crippen LogP contribution in [0.3, 0.4) is 0 Å². The topological polar surface area (TPSA) is 12.0 Å². The van der Waals surface area contributed by atoms with Crippen LogP contribution in [0.4, 0.5) is 0 Å². The van der Waals surface area contributed by atoms with E-state index in [1.165, 1.54) is 27.8 Å². The van der Waals surface area contributed by atoms with Gasteiger partial charge >= 0.3 is 0 Å². The lowest BCUT2D eigenvalue weighted by Gasteiger charge is -2.20. The van der Waals surface area contributed by atoms with Crippen molar-refractivity contribution in [3.05, 3.63) is 77.4 Å². The third-order valence-electron chi connectivity index (χ3n) is 5.21. The van der Waals surface area contributed by atoms with Gasteiger partial charge in [0.2, 0.25) is 0 Å². The molecule has 0 bridgehead atoms. The van der Waals surface area contributed by atoms with E-state index in [4.69, 9.17) is 0 Å². The lowest BCUT2D eigenvalue weighted by molar-refractivity contribution is 0.522. The Morgan fingerprint density at radius 2 is 1.90 bits per heavy atom. The number of benzene rings is 2. The molecule has 0 aromatic heterocycles. The number of fused-ring (bicyclic) bond motifs is 3. The van der Waals surface area contributed by atoms with Gasteiger partial charge in [0.15, 0.2) is 0 Å². The van der Waals surface area contributed by atoms with E-state index in [-0.39, 0.29) is 0 Å². The fraction of sp³-hybridized carbons (Fsp3) is 0.300. The number of rotatable bonds is 2. The predicted molar refractivity (Wildman–Crippen MR) is 88.4 cm³/mol. The van der Waals surface area contributed by atoms with Gasteiger partial charge in [0.05, 0.1) is 0 Å². The molecule has 1 saturated heterocycles. The van der Waals surface area contributed by atoms with Crippen LogP contribution in [0, 0.1) is 12.8 Å². The Labute approximate surface area is 126 Å². The summed E-state index contributed by atoms with van der Waals surface area (Å²) in [7, 11) is 0. The van der Waals surface area contributed by atoms with Crippen molar-refractivity contribution < 1.29 is 0 Å². The van der Waals surface area contributed by atoms with Crippen molar-refractivity contribution >= 4 is 5.57 Å². The first-order valence-corrected chi connectivity index (χ1v) is 7.81. The van der Waals surface area contributed by atoms with Crippen molar-refractivity contribution in [3.63, 3.8) is 0 Å². The SMILES string of the molecule is C=C1c2cccc(C)c2C2CNC(Cc3ccccc3)C12. The molecular formula is C20H21N. The molecule has 1 fully saturated rings. The molecular weight excluding hydrogens is 254 g/mol. The Morgan fingerprint density at radius 1 is 1.10 bits per heavy atom. The Bertz CT molecular complexity index is 686. The van der Waals surface area contributed by atoms with Crippen LogP contribution in [0.2, 0.25) is 0 Å². The Morgan fingerprint density at radius 3 is 2.71 bits per heavy atom. The molecule has 0 amide bonds. The highest BCUT2D eigenvalue weighted by atomic mass is 15.0. The molecule has 1 N–H and O–H groups in total. The monoisotopic (exact) mass is 275 g/mol. The summed E-state index contributed by atoms with van der Waals surface area (Å²) in [4.78, 5) is 0. The third kappa shape index (κ3) is 1.96. The standard InChI is InChI=1S/C20H21N/c1-13-7-6-10-16-14(2)20-17(19(13)16)12-21-18(20)11-15-8-4-3-5-9-15/h3-10,17-18,20-21H,2,11-12H2,1H3. The van der Waals surface area contributed by atoms with Crippen molar-refractivity contribution in [2.45, 2.75) is 25.3 Å². The summed E-state index contributed by atoms with van der Waals surface area (Å²) in [6.45, 7) is 7.75. The maximum atomic E-state index is 4.43. The summed E-state index contributed by atoms with van der Waals surface area (Å²) in [5.74, 6) is 1.17. The second-order valence-corrected chi connectivity index (χ2v) is 6.40. The minimum absolute atomic E-state index is 0.511. The van der Waals surface area contributed by atoms with Crippen molar-refractivity contribution in [3.8, 4) is 0 Å². The van der Waals surface area contributed by atoms with Crippen molar-refractivity contribution in [2.24, 2.45) is 5.92 Å². The van der Waals surface area contributed by atoms with Gasteiger partial charge in [-0.1, -0.05) is 55.1 Å². The van der Waals surface area contributed by atoms with E-state index >= 15 is 0 Å². The van der Waals surface area contributed by atoms with Crippen LogP contribution in [-0.2, 0) is 6.42 Å². The molecule has 1 heterocycles. The number of hydrogen-bond acceptors (Lipinski definition) is 1. The molecule has 21 heavy (non-hydrogen) atoms. The number of aryl methyl sites for hydroxylation is 1. The van der Waals surface area contributed by atoms with Gasteiger partial charge in [-0.05, 0) is 41.2 Å². The molecule has 2 aromatic carbocycles. The molecule has 106 valence electrons. The minimum atomic E-state index is 0.511. The molecule has 1 aliphatic heterocycles. The van der Waals surface area contributed by atoms with Gasteiger partial charge in [0, 0.05) is 24.4 Å². The van der Waals surface area contributed by atoms with E-state index in [0.29, 0.717) is 17.9 Å². The van der Waals surface area contributed by atoms with Crippen LogP contribution in [-0.4, -0.2) is 12.6 Å². The molecule has 0 radical (unpaired) electrons. The van der Waals surface area contributed by atoms with Crippen molar-refractivity contribution in [1.82, 2.24) is 5.32 Å². The minimum Gasteiger partial charge on any atom is -0.312 e. The molecule has 2 aliphatic rings. The molecule has 1 aliphatic carbocycles. The summed E-state index contributed by atoms with van der Waals surface area (Å²) in [5.41, 5.74) is 7.11. The number of hydrogen-bond donors (Lipinski definition) is 1. The van der Waals surface area contributed by atoms with Gasteiger partial charge in [-0.25, -0.2) is 0 Å². The van der Waals surface area contributed by atoms with Gasteiger partial charge in [0.1, 0.15) is 0 Å². The highest BCUT2D eigenvalue weighted by molar-refractivity contribution is 5.77. The first kappa shape index (κ1) is 12.8. The molecule has 3 unspecified atom stereocenters. The van der Waals surface area contributed by atoms with Gasteiger partial charge < -0.3 is 5.32 Å². The first-order valence-electron chi connectivity index (χ1n) is 7.81. The molecule has 1 nitrogen and oxygen atoms in total. The molecule has 3 atom stereocenters. The van der Waals surface area contributed by atoms with Crippen molar-refractivity contribution in [1.29, 1.82) is 0 Å². The van der Waals surface area contributed by atoms with Crippen LogP contribution in [0.5, 0.6) is 0 Å². The molecule has 2 aromatic rings. The Hall–Kier alpha value is -1.86. The van der Waals surface area contributed by atoms with E-state index < -0.39 is 0 Å². The second-order valence-electron chi connectivity index (χ2n) is 6.40. The van der Waals surface area contributed by atoms with Crippen LogP contribution in [0.1, 0.15) is 28.2 Å². The molecule has 1 heteroatoms. The van der Waals surface area contributed by atoms with Crippen molar-refractivity contribution in [2.75, 3.05) is 6.54 Å². The van der Waals surface area contributed by atoms with E-state index in [1.54, 1.807) is 0 Å². The largest absolute Gasteiger partial charge is 0.312 e. The smallest absolute Gasteiger partial charge is 0.0183 e.